The van der Waals surface area contributed by atoms with E-state index in [0.29, 0.717) is 17.3 Å². The van der Waals surface area contributed by atoms with Gasteiger partial charge in [0, 0.05) is 17.1 Å². The minimum absolute atomic E-state index is 0.513. The molecule has 5 nitrogen and oxygen atoms in total. The van der Waals surface area contributed by atoms with Crippen LogP contribution in [0.4, 0.5) is 0 Å². The SMILES string of the molecule is CNC(C)(CCSc1nc(C)c(C)c(C)n1)C(=O)O. The molecular weight excluding hydrogens is 262 g/mol. The predicted molar refractivity (Wildman–Crippen MR) is 76.7 cm³/mol. The zero-order valence-electron chi connectivity index (χ0n) is 12.1. The molecule has 0 fully saturated rings. The molecule has 0 saturated heterocycles. The maximum Gasteiger partial charge on any atom is 0.323 e. The summed E-state index contributed by atoms with van der Waals surface area (Å²) in [5, 5.41) is 12.7. The number of rotatable bonds is 6. The maximum atomic E-state index is 11.1. The first-order valence-corrected chi connectivity index (χ1v) is 7.15. The van der Waals surface area contributed by atoms with Crippen LogP contribution in [0.25, 0.3) is 0 Å². The fourth-order valence-electron chi connectivity index (χ4n) is 1.49. The summed E-state index contributed by atoms with van der Waals surface area (Å²) in [5.41, 5.74) is 2.16. The molecule has 1 aromatic rings. The van der Waals surface area contributed by atoms with E-state index in [0.717, 1.165) is 17.0 Å². The molecule has 0 aromatic carbocycles. The second kappa shape index (κ2) is 6.34. The van der Waals surface area contributed by atoms with Crippen molar-refractivity contribution >= 4 is 17.7 Å². The molecule has 0 radical (unpaired) electrons. The van der Waals surface area contributed by atoms with E-state index in [1.807, 2.05) is 20.8 Å². The third-order valence-electron chi connectivity index (χ3n) is 3.47. The summed E-state index contributed by atoms with van der Waals surface area (Å²) in [6, 6.07) is 0. The Labute approximate surface area is 118 Å². The largest absolute Gasteiger partial charge is 0.480 e. The molecule has 6 heteroatoms. The average Bonchev–Trinajstić information content (AvgIpc) is 2.35. The van der Waals surface area contributed by atoms with Gasteiger partial charge >= 0.3 is 5.97 Å². The van der Waals surface area contributed by atoms with E-state index in [4.69, 9.17) is 5.11 Å². The number of aromatic nitrogens is 2. The van der Waals surface area contributed by atoms with Crippen LogP contribution in [0, 0.1) is 20.8 Å². The molecule has 1 unspecified atom stereocenters. The van der Waals surface area contributed by atoms with Gasteiger partial charge in [-0.05, 0) is 46.7 Å². The Morgan fingerprint density at radius 3 is 2.26 bits per heavy atom. The van der Waals surface area contributed by atoms with Gasteiger partial charge in [-0.15, -0.1) is 0 Å². The van der Waals surface area contributed by atoms with Gasteiger partial charge in [-0.3, -0.25) is 4.79 Å². The number of aliphatic carboxylic acids is 1. The van der Waals surface area contributed by atoms with Gasteiger partial charge < -0.3 is 10.4 Å². The Bertz CT molecular complexity index is 456. The van der Waals surface area contributed by atoms with Gasteiger partial charge in [-0.25, -0.2) is 9.97 Å². The van der Waals surface area contributed by atoms with Crippen LogP contribution < -0.4 is 5.32 Å². The highest BCUT2D eigenvalue weighted by Crippen LogP contribution is 2.21. The summed E-state index contributed by atoms with van der Waals surface area (Å²) in [5.74, 6) is -0.182. The number of carboxylic acids is 1. The summed E-state index contributed by atoms with van der Waals surface area (Å²) in [6.07, 6.45) is 0.513. The highest BCUT2D eigenvalue weighted by Gasteiger charge is 2.30. The first-order chi connectivity index (χ1) is 8.80. The quantitative estimate of drug-likeness (QED) is 0.614. The minimum atomic E-state index is -0.901. The van der Waals surface area contributed by atoms with Gasteiger partial charge in [0.1, 0.15) is 5.54 Å². The van der Waals surface area contributed by atoms with Gasteiger partial charge in [-0.2, -0.15) is 0 Å². The van der Waals surface area contributed by atoms with E-state index in [1.165, 1.54) is 11.8 Å². The number of thioether (sulfide) groups is 1. The molecule has 0 aliphatic heterocycles. The Balaban J connectivity index is 2.66. The van der Waals surface area contributed by atoms with E-state index in [-0.39, 0.29) is 0 Å². The van der Waals surface area contributed by atoms with E-state index >= 15 is 0 Å². The summed E-state index contributed by atoms with van der Waals surface area (Å²) in [4.78, 5) is 20.0. The van der Waals surface area contributed by atoms with Crippen LogP contribution in [0.15, 0.2) is 5.16 Å². The molecule has 1 aromatic heterocycles. The highest BCUT2D eigenvalue weighted by atomic mass is 32.2. The van der Waals surface area contributed by atoms with Gasteiger partial charge in [0.2, 0.25) is 0 Å². The van der Waals surface area contributed by atoms with Crippen molar-refractivity contribution in [2.75, 3.05) is 12.8 Å². The first-order valence-electron chi connectivity index (χ1n) is 6.17. The van der Waals surface area contributed by atoms with Crippen molar-refractivity contribution in [3.05, 3.63) is 17.0 Å². The van der Waals surface area contributed by atoms with Crippen LogP contribution in [0.5, 0.6) is 0 Å². The molecule has 0 bridgehead atoms. The number of carbonyl (C=O) groups is 1. The average molecular weight is 283 g/mol. The molecule has 1 atom stereocenters. The molecule has 106 valence electrons. The summed E-state index contributed by atoms with van der Waals surface area (Å²) in [7, 11) is 1.66. The van der Waals surface area contributed by atoms with Gasteiger partial charge in [0.25, 0.3) is 0 Å². The second-order valence-electron chi connectivity index (χ2n) is 4.79. The highest BCUT2D eigenvalue weighted by molar-refractivity contribution is 7.99. The molecule has 19 heavy (non-hydrogen) atoms. The normalized spacial score (nSPS) is 14.2. The first kappa shape index (κ1) is 15.9. The van der Waals surface area contributed by atoms with Gasteiger partial charge in [-0.1, -0.05) is 11.8 Å². The monoisotopic (exact) mass is 283 g/mol. The van der Waals surface area contributed by atoms with Crippen LogP contribution in [-0.4, -0.2) is 39.4 Å². The van der Waals surface area contributed by atoms with Crippen LogP contribution in [0.1, 0.15) is 30.3 Å². The third kappa shape index (κ3) is 3.91. The molecular formula is C13H21N3O2S. The summed E-state index contributed by atoms with van der Waals surface area (Å²) in [6.45, 7) is 7.61. The predicted octanol–water partition coefficient (Wildman–Crippen LogP) is 1.95. The lowest BCUT2D eigenvalue weighted by atomic mass is 10.00. The Hall–Kier alpha value is -1.14. The van der Waals surface area contributed by atoms with Crippen molar-refractivity contribution in [1.29, 1.82) is 0 Å². The molecule has 1 rings (SSSR count). The van der Waals surface area contributed by atoms with E-state index in [1.54, 1.807) is 14.0 Å². The number of nitrogens with one attached hydrogen (secondary N) is 1. The molecule has 0 aliphatic carbocycles. The van der Waals surface area contributed by atoms with Crippen LogP contribution in [0.3, 0.4) is 0 Å². The molecule has 0 amide bonds. The summed E-state index contributed by atoms with van der Waals surface area (Å²) >= 11 is 1.49. The Morgan fingerprint density at radius 2 is 1.84 bits per heavy atom. The Morgan fingerprint density at radius 1 is 1.32 bits per heavy atom. The lowest BCUT2D eigenvalue weighted by Gasteiger charge is -2.23. The van der Waals surface area contributed by atoms with Crippen LogP contribution in [-0.2, 0) is 4.79 Å². The van der Waals surface area contributed by atoms with Gasteiger partial charge in [0.05, 0.1) is 0 Å². The molecule has 1 heterocycles. The molecule has 0 aliphatic rings. The Kier molecular flexibility index (Phi) is 5.31. The van der Waals surface area contributed by atoms with Crippen LogP contribution >= 0.6 is 11.8 Å². The zero-order valence-corrected chi connectivity index (χ0v) is 12.9. The van der Waals surface area contributed by atoms with Gasteiger partial charge in [0.15, 0.2) is 5.16 Å². The number of carboxylic acid groups (broad SMARTS) is 1. The number of likely N-dealkylation sites (N-methyl/N-ethyl adjacent to an activating group) is 1. The molecule has 0 saturated carbocycles. The van der Waals surface area contributed by atoms with Crippen molar-refractivity contribution in [3.63, 3.8) is 0 Å². The smallest absolute Gasteiger partial charge is 0.323 e. The van der Waals surface area contributed by atoms with E-state index in [2.05, 4.69) is 15.3 Å². The lowest BCUT2D eigenvalue weighted by molar-refractivity contribution is -0.144. The second-order valence-corrected chi connectivity index (χ2v) is 5.85. The number of hydrogen-bond acceptors (Lipinski definition) is 5. The van der Waals surface area contributed by atoms with Crippen LogP contribution in [0.2, 0.25) is 0 Å². The van der Waals surface area contributed by atoms with Crippen molar-refractivity contribution in [2.45, 2.75) is 44.8 Å². The molecule has 2 N–H and O–H groups in total. The van der Waals surface area contributed by atoms with Crippen molar-refractivity contribution in [3.8, 4) is 0 Å². The number of nitrogens with zero attached hydrogens (tertiary/aromatic N) is 2. The third-order valence-corrected chi connectivity index (χ3v) is 4.32. The van der Waals surface area contributed by atoms with Crippen molar-refractivity contribution in [2.24, 2.45) is 0 Å². The zero-order chi connectivity index (χ0) is 14.6. The van der Waals surface area contributed by atoms with E-state index < -0.39 is 11.5 Å². The number of aryl methyl sites for hydroxylation is 2. The van der Waals surface area contributed by atoms with Crippen molar-refractivity contribution < 1.29 is 9.90 Å². The molecule has 0 spiro atoms. The summed E-state index contributed by atoms with van der Waals surface area (Å²) < 4.78 is 0. The fraction of sp³-hybridized carbons (Fsp3) is 0.615. The minimum Gasteiger partial charge on any atom is -0.480 e. The lowest BCUT2D eigenvalue weighted by Crippen LogP contribution is -2.47. The topological polar surface area (TPSA) is 75.1 Å². The van der Waals surface area contributed by atoms with E-state index in [9.17, 15) is 4.79 Å². The van der Waals surface area contributed by atoms with Crippen molar-refractivity contribution in [1.82, 2.24) is 15.3 Å². The number of hydrogen-bond donors (Lipinski definition) is 2. The fourth-order valence-corrected chi connectivity index (χ4v) is 2.59. The standard InChI is InChI=1S/C13H21N3O2S/c1-8-9(2)15-12(16-10(8)3)19-7-6-13(4,14-5)11(17)18/h14H,6-7H2,1-5H3,(H,17,18). The maximum absolute atomic E-state index is 11.1.